The lowest BCUT2D eigenvalue weighted by molar-refractivity contribution is 0.805. The molecule has 0 unspecified atom stereocenters. The number of hydrogen-bond donors (Lipinski definition) is 1. The number of nitrogens with two attached hydrogens (primary N) is 1. The van der Waals surface area contributed by atoms with E-state index in [1.54, 1.807) is 17.1 Å². The maximum Gasteiger partial charge on any atom is 0.222 e. The van der Waals surface area contributed by atoms with Crippen molar-refractivity contribution < 1.29 is 0 Å². The summed E-state index contributed by atoms with van der Waals surface area (Å²) in [6, 6.07) is 1.91. The highest BCUT2D eigenvalue weighted by Crippen LogP contribution is 2.11. The molecule has 5 nitrogen and oxygen atoms in total. The molecule has 0 atom stereocenters. The van der Waals surface area contributed by atoms with E-state index in [2.05, 4.69) is 15.1 Å². The van der Waals surface area contributed by atoms with E-state index in [0.29, 0.717) is 0 Å². The normalized spacial score (nSPS) is 10.4. The molecule has 14 heavy (non-hydrogen) atoms. The van der Waals surface area contributed by atoms with Crippen molar-refractivity contribution in [3.63, 3.8) is 0 Å². The Balaban J connectivity index is 2.62. The lowest BCUT2D eigenvalue weighted by atomic mass is 10.3. The molecule has 0 amide bonds. The fourth-order valence-electron chi connectivity index (χ4n) is 1.25. The minimum atomic E-state index is 0.264. The van der Waals surface area contributed by atoms with Crippen LogP contribution in [0.5, 0.6) is 0 Å². The van der Waals surface area contributed by atoms with E-state index in [-0.39, 0.29) is 5.95 Å². The fourth-order valence-corrected chi connectivity index (χ4v) is 1.25. The van der Waals surface area contributed by atoms with Crippen molar-refractivity contribution in [3.05, 3.63) is 29.7 Å². The first kappa shape index (κ1) is 8.68. The molecule has 0 aromatic carbocycles. The van der Waals surface area contributed by atoms with Gasteiger partial charge in [-0.25, -0.2) is 9.67 Å². The minimum Gasteiger partial charge on any atom is -0.368 e. The van der Waals surface area contributed by atoms with Gasteiger partial charge >= 0.3 is 0 Å². The van der Waals surface area contributed by atoms with Crippen LogP contribution in [0.1, 0.15) is 11.3 Å². The Morgan fingerprint density at radius 1 is 1.36 bits per heavy atom. The summed E-state index contributed by atoms with van der Waals surface area (Å²) in [5.41, 5.74) is 7.49. The van der Waals surface area contributed by atoms with Gasteiger partial charge in [0.25, 0.3) is 0 Å². The van der Waals surface area contributed by atoms with Crippen LogP contribution in [0.3, 0.4) is 0 Å². The monoisotopic (exact) mass is 189 g/mol. The van der Waals surface area contributed by atoms with E-state index in [4.69, 9.17) is 5.73 Å². The molecule has 2 aromatic heterocycles. The summed E-state index contributed by atoms with van der Waals surface area (Å²) >= 11 is 0. The van der Waals surface area contributed by atoms with Gasteiger partial charge in [0, 0.05) is 23.7 Å². The second-order valence-electron chi connectivity index (χ2n) is 3.12. The van der Waals surface area contributed by atoms with Crippen molar-refractivity contribution in [1.29, 1.82) is 0 Å². The van der Waals surface area contributed by atoms with Crippen LogP contribution in [0.15, 0.2) is 18.5 Å². The predicted octanol–water partition coefficient (Wildman–Crippen LogP) is 0.861. The smallest absolute Gasteiger partial charge is 0.222 e. The van der Waals surface area contributed by atoms with Gasteiger partial charge in [-0.1, -0.05) is 0 Å². The van der Waals surface area contributed by atoms with Crippen LogP contribution in [0.25, 0.3) is 5.82 Å². The van der Waals surface area contributed by atoms with Gasteiger partial charge < -0.3 is 5.73 Å². The second kappa shape index (κ2) is 3.10. The zero-order valence-electron chi connectivity index (χ0n) is 8.10. The van der Waals surface area contributed by atoms with Gasteiger partial charge in [0.05, 0.1) is 0 Å². The summed E-state index contributed by atoms with van der Waals surface area (Å²) in [6.07, 6.45) is 3.42. The summed E-state index contributed by atoms with van der Waals surface area (Å²) < 4.78 is 1.74. The third-order valence-corrected chi connectivity index (χ3v) is 2.00. The van der Waals surface area contributed by atoms with Gasteiger partial charge in [0.1, 0.15) is 0 Å². The topological polar surface area (TPSA) is 69.6 Å². The van der Waals surface area contributed by atoms with Crippen LogP contribution in [-0.2, 0) is 0 Å². The molecule has 0 spiro atoms. The molecular weight excluding hydrogens is 178 g/mol. The van der Waals surface area contributed by atoms with Gasteiger partial charge in [-0.05, 0) is 19.9 Å². The molecule has 2 rings (SSSR count). The fraction of sp³-hybridized carbons (Fsp3) is 0.222. The summed E-state index contributed by atoms with van der Waals surface area (Å²) in [5.74, 6) is 1.00. The molecule has 0 aliphatic carbocycles. The van der Waals surface area contributed by atoms with E-state index < -0.39 is 0 Å². The third-order valence-electron chi connectivity index (χ3n) is 2.00. The number of hydrogen-bond acceptors (Lipinski definition) is 4. The Bertz CT molecular complexity index is 460. The Kier molecular flexibility index (Phi) is 1.92. The molecule has 0 bridgehead atoms. The number of nitrogens with zero attached hydrogens (tertiary/aromatic N) is 4. The average Bonchev–Trinajstić information content (AvgIpc) is 2.56. The first-order chi connectivity index (χ1) is 6.68. The molecule has 72 valence electrons. The van der Waals surface area contributed by atoms with Crippen LogP contribution in [-0.4, -0.2) is 19.7 Å². The third kappa shape index (κ3) is 1.32. The summed E-state index contributed by atoms with van der Waals surface area (Å²) in [5, 5.41) is 4.16. The van der Waals surface area contributed by atoms with Gasteiger partial charge in [0.15, 0.2) is 5.82 Å². The molecule has 0 aliphatic rings. The zero-order valence-corrected chi connectivity index (χ0v) is 8.10. The molecule has 5 heteroatoms. The van der Waals surface area contributed by atoms with Crippen LogP contribution in [0.4, 0.5) is 5.95 Å². The highest BCUT2D eigenvalue weighted by Gasteiger charge is 2.06. The zero-order chi connectivity index (χ0) is 10.1. The number of aryl methyl sites for hydroxylation is 2. The molecule has 0 saturated heterocycles. The molecule has 0 fully saturated rings. The van der Waals surface area contributed by atoms with E-state index in [1.807, 2.05) is 19.9 Å². The SMILES string of the molecule is Cc1cnc(N)nc1-n1nccc1C. The number of rotatable bonds is 1. The molecular formula is C9H11N5. The van der Waals surface area contributed by atoms with Crippen molar-refractivity contribution in [2.75, 3.05) is 5.73 Å². The Morgan fingerprint density at radius 2 is 2.14 bits per heavy atom. The van der Waals surface area contributed by atoms with Gasteiger partial charge in [-0.15, -0.1) is 0 Å². The molecule has 0 radical (unpaired) electrons. The van der Waals surface area contributed by atoms with Crippen molar-refractivity contribution in [2.45, 2.75) is 13.8 Å². The van der Waals surface area contributed by atoms with E-state index in [0.717, 1.165) is 17.1 Å². The standard InChI is InChI=1S/C9H11N5/c1-6-5-11-9(10)13-8(6)14-7(2)3-4-12-14/h3-5H,1-2H3,(H2,10,11,13). The maximum absolute atomic E-state index is 5.52. The van der Waals surface area contributed by atoms with Crippen molar-refractivity contribution in [1.82, 2.24) is 19.7 Å². The minimum absolute atomic E-state index is 0.264. The highest BCUT2D eigenvalue weighted by molar-refractivity contribution is 5.36. The van der Waals surface area contributed by atoms with Crippen molar-refractivity contribution in [2.24, 2.45) is 0 Å². The quantitative estimate of drug-likeness (QED) is 0.722. The van der Waals surface area contributed by atoms with Gasteiger partial charge in [-0.2, -0.15) is 10.1 Å². The lowest BCUT2D eigenvalue weighted by Gasteiger charge is -2.06. The molecule has 0 aliphatic heterocycles. The molecule has 2 heterocycles. The van der Waals surface area contributed by atoms with Crippen molar-refractivity contribution in [3.8, 4) is 5.82 Å². The first-order valence-corrected chi connectivity index (χ1v) is 4.28. The molecule has 2 N–H and O–H groups in total. The Labute approximate surface area is 81.6 Å². The van der Waals surface area contributed by atoms with Crippen LogP contribution in [0.2, 0.25) is 0 Å². The van der Waals surface area contributed by atoms with E-state index in [1.165, 1.54) is 0 Å². The summed E-state index contributed by atoms with van der Waals surface area (Å²) in [4.78, 5) is 8.05. The number of aromatic nitrogens is 4. The maximum atomic E-state index is 5.52. The van der Waals surface area contributed by atoms with Crippen LogP contribution >= 0.6 is 0 Å². The highest BCUT2D eigenvalue weighted by atomic mass is 15.3. The van der Waals surface area contributed by atoms with E-state index >= 15 is 0 Å². The average molecular weight is 189 g/mol. The molecule has 2 aromatic rings. The number of anilines is 1. The largest absolute Gasteiger partial charge is 0.368 e. The van der Waals surface area contributed by atoms with Crippen LogP contribution < -0.4 is 5.73 Å². The van der Waals surface area contributed by atoms with Crippen LogP contribution in [0, 0.1) is 13.8 Å². The number of nitrogen functional groups attached to an aromatic ring is 1. The summed E-state index contributed by atoms with van der Waals surface area (Å²) in [7, 11) is 0. The second-order valence-corrected chi connectivity index (χ2v) is 3.12. The van der Waals surface area contributed by atoms with Gasteiger partial charge in [0.2, 0.25) is 5.95 Å². The molecule has 0 saturated carbocycles. The van der Waals surface area contributed by atoms with E-state index in [9.17, 15) is 0 Å². The Morgan fingerprint density at radius 3 is 2.79 bits per heavy atom. The van der Waals surface area contributed by atoms with Crippen molar-refractivity contribution >= 4 is 5.95 Å². The summed E-state index contributed by atoms with van der Waals surface area (Å²) in [6.45, 7) is 3.89. The lowest BCUT2D eigenvalue weighted by Crippen LogP contribution is -2.07. The Hall–Kier alpha value is -1.91. The predicted molar refractivity (Wildman–Crippen MR) is 53.0 cm³/mol. The van der Waals surface area contributed by atoms with Gasteiger partial charge in [-0.3, -0.25) is 0 Å². The first-order valence-electron chi connectivity index (χ1n) is 4.28.